The van der Waals surface area contributed by atoms with E-state index < -0.39 is 0 Å². The maximum atomic E-state index is 12.6. The molecule has 136 valence electrons. The van der Waals surface area contributed by atoms with E-state index in [9.17, 15) is 4.79 Å². The standard InChI is InChI=1S/C21H26N4O/c26-21(17-6-8-19(9-7-17)25-14-10-22-11-15-25)23-18-4-3-5-20(16-18)24-12-1-2-13-24/h3-9,16,22H,1-2,10-15H2,(H,23,26). The number of nitrogens with one attached hydrogen (secondary N) is 2. The summed E-state index contributed by atoms with van der Waals surface area (Å²) in [4.78, 5) is 17.3. The Balaban J connectivity index is 1.42. The van der Waals surface area contributed by atoms with Crippen molar-refractivity contribution >= 4 is 23.0 Å². The van der Waals surface area contributed by atoms with Gasteiger partial charge in [-0.1, -0.05) is 6.07 Å². The van der Waals surface area contributed by atoms with Crippen LogP contribution in [0.25, 0.3) is 0 Å². The zero-order valence-corrected chi connectivity index (χ0v) is 15.1. The lowest BCUT2D eigenvalue weighted by Gasteiger charge is -2.29. The summed E-state index contributed by atoms with van der Waals surface area (Å²) in [5.41, 5.74) is 3.91. The summed E-state index contributed by atoms with van der Waals surface area (Å²) in [7, 11) is 0. The molecule has 0 radical (unpaired) electrons. The highest BCUT2D eigenvalue weighted by Gasteiger charge is 2.14. The highest BCUT2D eigenvalue weighted by Crippen LogP contribution is 2.24. The van der Waals surface area contributed by atoms with Crippen molar-refractivity contribution in [2.45, 2.75) is 12.8 Å². The Labute approximate surface area is 155 Å². The van der Waals surface area contributed by atoms with Crippen LogP contribution in [0.3, 0.4) is 0 Å². The molecule has 1 amide bonds. The fourth-order valence-electron chi connectivity index (χ4n) is 3.71. The van der Waals surface area contributed by atoms with Gasteiger partial charge in [0.15, 0.2) is 0 Å². The van der Waals surface area contributed by atoms with Gasteiger partial charge in [0.25, 0.3) is 5.91 Å². The van der Waals surface area contributed by atoms with Gasteiger partial charge >= 0.3 is 0 Å². The minimum atomic E-state index is -0.0598. The van der Waals surface area contributed by atoms with Crippen molar-refractivity contribution in [3.05, 3.63) is 54.1 Å². The molecule has 2 aromatic carbocycles. The van der Waals surface area contributed by atoms with Crippen LogP contribution >= 0.6 is 0 Å². The number of rotatable bonds is 4. The van der Waals surface area contributed by atoms with Gasteiger partial charge in [-0.25, -0.2) is 0 Å². The van der Waals surface area contributed by atoms with E-state index in [1.807, 2.05) is 36.4 Å². The summed E-state index contributed by atoms with van der Waals surface area (Å²) >= 11 is 0. The molecule has 2 aromatic rings. The molecule has 0 saturated carbocycles. The molecule has 2 saturated heterocycles. The summed E-state index contributed by atoms with van der Waals surface area (Å²) in [5, 5.41) is 6.39. The molecule has 0 unspecified atom stereocenters. The third kappa shape index (κ3) is 3.83. The van der Waals surface area contributed by atoms with Gasteiger partial charge in [-0.3, -0.25) is 4.79 Å². The van der Waals surface area contributed by atoms with Crippen LogP contribution in [0.15, 0.2) is 48.5 Å². The summed E-state index contributed by atoms with van der Waals surface area (Å²) in [6.07, 6.45) is 2.49. The van der Waals surface area contributed by atoms with E-state index >= 15 is 0 Å². The van der Waals surface area contributed by atoms with E-state index in [0.29, 0.717) is 5.56 Å². The molecule has 0 atom stereocenters. The predicted molar refractivity (Wildman–Crippen MR) is 107 cm³/mol. The summed E-state index contributed by atoms with van der Waals surface area (Å²) in [6.45, 7) is 6.24. The van der Waals surface area contributed by atoms with E-state index in [1.54, 1.807) is 0 Å². The minimum Gasteiger partial charge on any atom is -0.371 e. The van der Waals surface area contributed by atoms with Crippen LogP contribution in [0.2, 0.25) is 0 Å². The van der Waals surface area contributed by atoms with Crippen molar-refractivity contribution in [3.8, 4) is 0 Å². The lowest BCUT2D eigenvalue weighted by atomic mass is 10.1. The van der Waals surface area contributed by atoms with Crippen LogP contribution in [0.5, 0.6) is 0 Å². The molecule has 26 heavy (non-hydrogen) atoms. The maximum Gasteiger partial charge on any atom is 0.255 e. The number of carbonyl (C=O) groups is 1. The van der Waals surface area contributed by atoms with Gasteiger partial charge in [-0.15, -0.1) is 0 Å². The first-order valence-corrected chi connectivity index (χ1v) is 9.52. The van der Waals surface area contributed by atoms with Crippen LogP contribution < -0.4 is 20.4 Å². The van der Waals surface area contributed by atoms with Gasteiger partial charge in [-0.05, 0) is 55.3 Å². The summed E-state index contributed by atoms with van der Waals surface area (Å²) in [6, 6.07) is 16.1. The van der Waals surface area contributed by atoms with E-state index in [0.717, 1.165) is 45.0 Å². The smallest absolute Gasteiger partial charge is 0.255 e. The molecular formula is C21H26N4O. The molecule has 0 bridgehead atoms. The second kappa shape index (κ2) is 7.79. The maximum absolute atomic E-state index is 12.6. The zero-order valence-electron chi connectivity index (χ0n) is 15.1. The SMILES string of the molecule is O=C(Nc1cccc(N2CCCC2)c1)c1ccc(N2CCNCC2)cc1. The first kappa shape index (κ1) is 16.9. The molecule has 0 aromatic heterocycles. The fraction of sp³-hybridized carbons (Fsp3) is 0.381. The lowest BCUT2D eigenvalue weighted by molar-refractivity contribution is 0.102. The van der Waals surface area contributed by atoms with Crippen LogP contribution in [0.1, 0.15) is 23.2 Å². The van der Waals surface area contributed by atoms with Crippen molar-refractivity contribution in [1.29, 1.82) is 0 Å². The van der Waals surface area contributed by atoms with Crippen LogP contribution in [-0.2, 0) is 0 Å². The number of nitrogens with zero attached hydrogens (tertiary/aromatic N) is 2. The van der Waals surface area contributed by atoms with Gasteiger partial charge in [0, 0.05) is 61.9 Å². The molecule has 2 heterocycles. The van der Waals surface area contributed by atoms with Crippen LogP contribution in [-0.4, -0.2) is 45.2 Å². The molecule has 2 fully saturated rings. The first-order chi connectivity index (χ1) is 12.8. The second-order valence-corrected chi connectivity index (χ2v) is 6.98. The average Bonchev–Trinajstić information content (AvgIpc) is 3.24. The first-order valence-electron chi connectivity index (χ1n) is 9.52. The Morgan fingerprint density at radius 1 is 0.846 bits per heavy atom. The molecule has 5 heteroatoms. The highest BCUT2D eigenvalue weighted by molar-refractivity contribution is 6.04. The molecule has 2 aliphatic rings. The van der Waals surface area contributed by atoms with Gasteiger partial charge in [0.1, 0.15) is 0 Å². The highest BCUT2D eigenvalue weighted by atomic mass is 16.1. The molecule has 2 N–H and O–H groups in total. The number of hydrogen-bond acceptors (Lipinski definition) is 4. The van der Waals surface area contributed by atoms with Gasteiger partial charge < -0.3 is 20.4 Å². The van der Waals surface area contributed by atoms with E-state index in [2.05, 4.69) is 32.6 Å². The van der Waals surface area contributed by atoms with Crippen LogP contribution in [0.4, 0.5) is 17.1 Å². The van der Waals surface area contributed by atoms with Crippen molar-refractivity contribution in [2.75, 3.05) is 54.4 Å². The fourth-order valence-corrected chi connectivity index (χ4v) is 3.71. The molecule has 2 aliphatic heterocycles. The zero-order chi connectivity index (χ0) is 17.8. The Kier molecular flexibility index (Phi) is 5.07. The van der Waals surface area contributed by atoms with Gasteiger partial charge in [0.05, 0.1) is 0 Å². The van der Waals surface area contributed by atoms with Crippen molar-refractivity contribution in [1.82, 2.24) is 5.32 Å². The number of amides is 1. The summed E-state index contributed by atoms with van der Waals surface area (Å²) < 4.78 is 0. The summed E-state index contributed by atoms with van der Waals surface area (Å²) in [5.74, 6) is -0.0598. The molecule has 0 aliphatic carbocycles. The van der Waals surface area contributed by atoms with Crippen LogP contribution in [0, 0.1) is 0 Å². The Morgan fingerprint density at radius 2 is 1.54 bits per heavy atom. The van der Waals surface area contributed by atoms with Crippen molar-refractivity contribution < 1.29 is 4.79 Å². The monoisotopic (exact) mass is 350 g/mol. The number of hydrogen-bond donors (Lipinski definition) is 2. The third-order valence-electron chi connectivity index (χ3n) is 5.19. The van der Waals surface area contributed by atoms with E-state index in [4.69, 9.17) is 0 Å². The lowest BCUT2D eigenvalue weighted by Crippen LogP contribution is -2.43. The Hall–Kier alpha value is -2.53. The van der Waals surface area contributed by atoms with E-state index in [-0.39, 0.29) is 5.91 Å². The number of carbonyl (C=O) groups excluding carboxylic acids is 1. The topological polar surface area (TPSA) is 47.6 Å². The quantitative estimate of drug-likeness (QED) is 0.890. The minimum absolute atomic E-state index is 0.0598. The van der Waals surface area contributed by atoms with E-state index in [1.165, 1.54) is 24.2 Å². The average molecular weight is 350 g/mol. The Morgan fingerprint density at radius 3 is 2.27 bits per heavy atom. The van der Waals surface area contributed by atoms with Crippen molar-refractivity contribution in [2.24, 2.45) is 0 Å². The molecular weight excluding hydrogens is 324 g/mol. The normalized spacial score (nSPS) is 17.4. The predicted octanol–water partition coefficient (Wildman–Crippen LogP) is 2.95. The Bertz CT molecular complexity index is 747. The number of anilines is 3. The third-order valence-corrected chi connectivity index (χ3v) is 5.19. The number of piperazine rings is 1. The second-order valence-electron chi connectivity index (χ2n) is 6.98. The largest absolute Gasteiger partial charge is 0.371 e. The molecule has 5 nitrogen and oxygen atoms in total. The molecule has 0 spiro atoms. The number of benzene rings is 2. The van der Waals surface area contributed by atoms with Crippen molar-refractivity contribution in [3.63, 3.8) is 0 Å². The molecule has 4 rings (SSSR count). The van der Waals surface area contributed by atoms with Gasteiger partial charge in [-0.2, -0.15) is 0 Å². The van der Waals surface area contributed by atoms with Gasteiger partial charge in [0.2, 0.25) is 0 Å².